The van der Waals surface area contributed by atoms with Gasteiger partial charge in [-0.05, 0) is 29.8 Å². The van der Waals surface area contributed by atoms with Crippen LogP contribution < -0.4 is 10.7 Å². The lowest BCUT2D eigenvalue weighted by atomic mass is 9.84. The molecular formula is C25H19N3O4. The fourth-order valence-electron chi connectivity index (χ4n) is 4.98. The quantitative estimate of drug-likeness (QED) is 0.505. The Balaban J connectivity index is 1.70. The monoisotopic (exact) mass is 425 g/mol. The number of para-hydroxylation sites is 1. The van der Waals surface area contributed by atoms with Crippen molar-refractivity contribution in [3.8, 4) is 0 Å². The molecule has 0 unspecified atom stereocenters. The van der Waals surface area contributed by atoms with Gasteiger partial charge in [0.2, 0.25) is 5.91 Å². The van der Waals surface area contributed by atoms with Crippen molar-refractivity contribution in [2.24, 2.45) is 7.05 Å². The maximum atomic E-state index is 13.6. The number of aryl methyl sites for hydroxylation is 1. The average Bonchev–Trinajstić information content (AvgIpc) is 3.24. The number of fused-ring (bicyclic) bond motifs is 1. The Morgan fingerprint density at radius 3 is 2.72 bits per heavy atom. The molecule has 0 spiro atoms. The third kappa shape index (κ3) is 2.39. The van der Waals surface area contributed by atoms with Gasteiger partial charge in [0, 0.05) is 42.5 Å². The van der Waals surface area contributed by atoms with Crippen molar-refractivity contribution in [3.05, 3.63) is 87.5 Å². The summed E-state index contributed by atoms with van der Waals surface area (Å²) in [6.07, 6.45) is 3.41. The first kappa shape index (κ1) is 18.6. The predicted octanol–water partition coefficient (Wildman–Crippen LogP) is 3.48. The zero-order chi connectivity index (χ0) is 22.1. The largest absolute Gasteiger partial charge is 0.464 e. The topological polar surface area (TPSA) is 84.6 Å². The highest BCUT2D eigenvalue weighted by molar-refractivity contribution is 6.11. The lowest BCUT2D eigenvalue weighted by Gasteiger charge is -2.18. The van der Waals surface area contributed by atoms with E-state index in [1.54, 1.807) is 18.2 Å². The lowest BCUT2D eigenvalue weighted by Crippen LogP contribution is -2.33. The summed E-state index contributed by atoms with van der Waals surface area (Å²) in [4.78, 5) is 40.4. The molecule has 0 saturated carbocycles. The number of hydrogen-bond donors (Lipinski definition) is 1. The average molecular weight is 425 g/mol. The number of anilines is 1. The first-order valence-corrected chi connectivity index (χ1v) is 10.4. The molecule has 2 aromatic heterocycles. The molecule has 7 nitrogen and oxygen atoms in total. The van der Waals surface area contributed by atoms with Crippen LogP contribution in [-0.2, 0) is 16.6 Å². The summed E-state index contributed by atoms with van der Waals surface area (Å²) in [5.74, 6) is -1.38. The molecule has 1 atom stereocenters. The van der Waals surface area contributed by atoms with E-state index in [0.29, 0.717) is 27.8 Å². The molecular weight excluding hydrogens is 406 g/mol. The number of benzene rings is 2. The van der Waals surface area contributed by atoms with E-state index in [9.17, 15) is 14.4 Å². The smallest absolute Gasteiger partial charge is 0.259 e. The second-order valence-electron chi connectivity index (χ2n) is 8.27. The standard InChI is InChI=1S/C25H19N3O4/c1-13(29)28-11-18-23(25(28)31)21(16-12-32-20-9-4-3-6-14(20)24(16)30)15-10-27(2)19-8-5-7-17(26-18)22(15)19/h3-10,12,21,26H,11H2,1-2H3/t21-/m0/s1. The first-order valence-electron chi connectivity index (χ1n) is 10.4. The van der Waals surface area contributed by atoms with Gasteiger partial charge < -0.3 is 14.3 Å². The number of aromatic nitrogens is 1. The third-order valence-electron chi connectivity index (χ3n) is 6.44. The zero-order valence-electron chi connectivity index (χ0n) is 17.5. The molecule has 4 heterocycles. The van der Waals surface area contributed by atoms with E-state index in [-0.39, 0.29) is 23.8 Å². The van der Waals surface area contributed by atoms with Crippen LogP contribution in [0, 0.1) is 0 Å². The number of nitrogens with zero attached hydrogens (tertiary/aromatic N) is 2. The van der Waals surface area contributed by atoms with Crippen LogP contribution in [0.25, 0.3) is 21.9 Å². The predicted molar refractivity (Wildman–Crippen MR) is 120 cm³/mol. The molecule has 0 saturated heterocycles. The molecule has 6 rings (SSSR count). The Kier molecular flexibility index (Phi) is 3.74. The maximum Gasteiger partial charge on any atom is 0.259 e. The SMILES string of the molecule is CC(=O)N1CC2=C(C1=O)[C@H](c1coc3ccccc3c1=O)c1cn(C)c3cccc(c13)N2. The number of nitrogens with one attached hydrogen (secondary N) is 1. The lowest BCUT2D eigenvalue weighted by molar-refractivity contribution is -0.139. The molecule has 2 aliphatic heterocycles. The van der Waals surface area contributed by atoms with Gasteiger partial charge in [0.05, 0.1) is 35.2 Å². The van der Waals surface area contributed by atoms with Crippen LogP contribution in [0.5, 0.6) is 0 Å². The van der Waals surface area contributed by atoms with Gasteiger partial charge >= 0.3 is 0 Å². The minimum atomic E-state index is -0.664. The van der Waals surface area contributed by atoms with E-state index in [1.807, 2.05) is 42.1 Å². The molecule has 32 heavy (non-hydrogen) atoms. The number of amides is 2. The van der Waals surface area contributed by atoms with Gasteiger partial charge in [0.1, 0.15) is 5.58 Å². The maximum absolute atomic E-state index is 13.6. The van der Waals surface area contributed by atoms with E-state index in [0.717, 1.165) is 22.2 Å². The summed E-state index contributed by atoms with van der Waals surface area (Å²) in [6.45, 7) is 1.52. The highest BCUT2D eigenvalue weighted by Gasteiger charge is 2.42. The minimum absolute atomic E-state index is 0.145. The Hall–Kier alpha value is -4.13. The summed E-state index contributed by atoms with van der Waals surface area (Å²) < 4.78 is 7.81. The molecule has 2 aliphatic rings. The normalized spacial score (nSPS) is 17.6. The van der Waals surface area contributed by atoms with Crippen molar-refractivity contribution in [3.63, 3.8) is 0 Å². The zero-order valence-corrected chi connectivity index (χ0v) is 17.5. The van der Waals surface area contributed by atoms with Gasteiger partial charge in [-0.1, -0.05) is 18.2 Å². The van der Waals surface area contributed by atoms with E-state index < -0.39 is 5.92 Å². The molecule has 0 bridgehead atoms. The van der Waals surface area contributed by atoms with Gasteiger partial charge in [-0.2, -0.15) is 0 Å². The van der Waals surface area contributed by atoms with E-state index in [2.05, 4.69) is 5.32 Å². The van der Waals surface area contributed by atoms with Crippen molar-refractivity contribution in [1.29, 1.82) is 0 Å². The van der Waals surface area contributed by atoms with Gasteiger partial charge in [-0.25, -0.2) is 0 Å². The molecule has 0 aliphatic carbocycles. The summed E-state index contributed by atoms with van der Waals surface area (Å²) in [7, 11) is 1.94. The van der Waals surface area contributed by atoms with Crippen LogP contribution in [0.1, 0.15) is 24.0 Å². The number of carbonyl (C=O) groups excluding carboxylic acids is 2. The van der Waals surface area contributed by atoms with E-state index >= 15 is 0 Å². The van der Waals surface area contributed by atoms with Gasteiger partial charge in [-0.3, -0.25) is 19.3 Å². The van der Waals surface area contributed by atoms with Crippen LogP contribution in [-0.4, -0.2) is 27.8 Å². The van der Waals surface area contributed by atoms with Crippen molar-refractivity contribution in [1.82, 2.24) is 9.47 Å². The summed E-state index contributed by atoms with van der Waals surface area (Å²) >= 11 is 0. The number of imide groups is 1. The van der Waals surface area contributed by atoms with Crippen LogP contribution in [0.2, 0.25) is 0 Å². The number of carbonyl (C=O) groups is 2. The molecule has 0 radical (unpaired) electrons. The fourth-order valence-corrected chi connectivity index (χ4v) is 4.98. The van der Waals surface area contributed by atoms with Gasteiger partial charge in [0.25, 0.3) is 5.91 Å². The Labute approximate surface area is 182 Å². The van der Waals surface area contributed by atoms with Crippen LogP contribution in [0.3, 0.4) is 0 Å². The first-order chi connectivity index (χ1) is 15.5. The molecule has 2 amide bonds. The number of rotatable bonds is 1. The second-order valence-corrected chi connectivity index (χ2v) is 8.27. The molecule has 2 aromatic carbocycles. The second kappa shape index (κ2) is 6.43. The van der Waals surface area contributed by atoms with Crippen molar-refractivity contribution < 1.29 is 14.0 Å². The molecule has 7 heteroatoms. The van der Waals surface area contributed by atoms with Crippen molar-refractivity contribution >= 4 is 39.4 Å². The van der Waals surface area contributed by atoms with Crippen molar-refractivity contribution in [2.45, 2.75) is 12.8 Å². The van der Waals surface area contributed by atoms with E-state index in [4.69, 9.17) is 4.42 Å². The highest BCUT2D eigenvalue weighted by Crippen LogP contribution is 2.45. The summed E-state index contributed by atoms with van der Waals surface area (Å²) in [5, 5.41) is 4.79. The molecule has 4 aromatic rings. The van der Waals surface area contributed by atoms with E-state index in [1.165, 1.54) is 18.1 Å². The third-order valence-corrected chi connectivity index (χ3v) is 6.44. The molecule has 0 fully saturated rings. The minimum Gasteiger partial charge on any atom is -0.464 e. The van der Waals surface area contributed by atoms with Crippen molar-refractivity contribution in [2.75, 3.05) is 11.9 Å². The Morgan fingerprint density at radius 2 is 1.91 bits per heavy atom. The molecule has 158 valence electrons. The highest BCUT2D eigenvalue weighted by atomic mass is 16.3. The van der Waals surface area contributed by atoms with Crippen LogP contribution >= 0.6 is 0 Å². The Bertz CT molecular complexity index is 1570. The fraction of sp³-hybridized carbons (Fsp3) is 0.160. The number of hydrogen-bond acceptors (Lipinski definition) is 5. The Morgan fingerprint density at radius 1 is 1.09 bits per heavy atom. The van der Waals surface area contributed by atoms with Gasteiger partial charge in [0.15, 0.2) is 5.43 Å². The summed E-state index contributed by atoms with van der Waals surface area (Å²) in [5.41, 5.74) is 4.38. The van der Waals surface area contributed by atoms with Crippen LogP contribution in [0.4, 0.5) is 5.69 Å². The summed E-state index contributed by atoms with van der Waals surface area (Å²) in [6, 6.07) is 13.0. The van der Waals surface area contributed by atoms with Gasteiger partial charge in [-0.15, -0.1) is 0 Å². The molecule has 1 N–H and O–H groups in total. The van der Waals surface area contributed by atoms with Crippen LogP contribution in [0.15, 0.2) is 75.4 Å².